The summed E-state index contributed by atoms with van der Waals surface area (Å²) in [6.45, 7) is 3.37. The van der Waals surface area contributed by atoms with Crippen molar-refractivity contribution in [3.63, 3.8) is 0 Å². The van der Waals surface area contributed by atoms with E-state index in [-0.39, 0.29) is 16.9 Å². The maximum Gasteiger partial charge on any atom is 0.238 e. The van der Waals surface area contributed by atoms with Crippen LogP contribution in [-0.4, -0.2) is 28.1 Å². The fourth-order valence-corrected chi connectivity index (χ4v) is 5.10. The summed E-state index contributed by atoms with van der Waals surface area (Å²) in [4.78, 5) is 0.0825. The summed E-state index contributed by atoms with van der Waals surface area (Å²) in [6.07, 6.45) is 2.79. The predicted molar refractivity (Wildman–Crippen MR) is 111 cm³/mol. The van der Waals surface area contributed by atoms with Crippen molar-refractivity contribution in [3.8, 4) is 11.1 Å². The molecular formula is C20H26N2O4S2. The molecule has 152 valence electrons. The van der Waals surface area contributed by atoms with Crippen molar-refractivity contribution in [2.75, 3.05) is 0 Å². The molecule has 0 saturated heterocycles. The van der Waals surface area contributed by atoms with Crippen LogP contribution >= 0.6 is 0 Å². The van der Waals surface area contributed by atoms with Crippen LogP contribution in [0.1, 0.15) is 44.6 Å². The maximum atomic E-state index is 12.2. The monoisotopic (exact) mass is 422 g/mol. The lowest BCUT2D eigenvalue weighted by molar-refractivity contribution is 0.519. The lowest BCUT2D eigenvalue weighted by atomic mass is 9.93. The average molecular weight is 423 g/mol. The molecule has 2 aromatic rings. The van der Waals surface area contributed by atoms with E-state index in [4.69, 9.17) is 5.14 Å². The molecule has 0 bridgehead atoms. The van der Waals surface area contributed by atoms with E-state index < -0.39 is 25.3 Å². The molecule has 8 heteroatoms. The summed E-state index contributed by atoms with van der Waals surface area (Å²) in [6, 6.07) is 14.4. The highest BCUT2D eigenvalue weighted by Gasteiger charge is 2.32. The summed E-state index contributed by atoms with van der Waals surface area (Å²) < 4.78 is 50.1. The van der Waals surface area contributed by atoms with E-state index >= 15 is 0 Å². The van der Waals surface area contributed by atoms with E-state index in [2.05, 4.69) is 4.72 Å². The third kappa shape index (κ3) is 4.63. The second kappa shape index (κ2) is 7.94. The van der Waals surface area contributed by atoms with Crippen molar-refractivity contribution in [1.29, 1.82) is 0 Å². The van der Waals surface area contributed by atoms with Gasteiger partial charge in [0.1, 0.15) is 0 Å². The largest absolute Gasteiger partial charge is 0.238 e. The number of hydrogen-bond acceptors (Lipinski definition) is 4. The molecule has 0 spiro atoms. The van der Waals surface area contributed by atoms with Gasteiger partial charge < -0.3 is 0 Å². The van der Waals surface area contributed by atoms with E-state index in [9.17, 15) is 16.8 Å². The van der Waals surface area contributed by atoms with E-state index in [1.165, 1.54) is 12.1 Å². The predicted octanol–water partition coefficient (Wildman–Crippen LogP) is 2.96. The molecule has 0 radical (unpaired) electrons. The van der Waals surface area contributed by atoms with Gasteiger partial charge in [0.2, 0.25) is 20.0 Å². The smallest absolute Gasteiger partial charge is 0.225 e. The molecule has 1 aliphatic rings. The normalized spacial score (nSPS) is 20.6. The number of benzene rings is 2. The molecule has 2 atom stereocenters. The molecule has 0 heterocycles. The SMILES string of the molecule is CC(C)S(=O)(=O)N[C@@H]1CCC[C@H]1c1ccc(-c2ccc(S(N)(=O)=O)cc2)cc1. The number of nitrogens with two attached hydrogens (primary N) is 1. The number of sulfonamides is 2. The topological polar surface area (TPSA) is 106 Å². The molecule has 1 saturated carbocycles. The molecule has 0 unspecified atom stereocenters. The van der Waals surface area contributed by atoms with Gasteiger partial charge in [-0.15, -0.1) is 0 Å². The fourth-order valence-electron chi connectivity index (χ4n) is 3.61. The Bertz CT molecular complexity index is 1030. The highest BCUT2D eigenvalue weighted by Crippen LogP contribution is 2.36. The Hall–Kier alpha value is -1.74. The molecule has 0 aliphatic heterocycles. The molecule has 6 nitrogen and oxygen atoms in total. The number of nitrogens with one attached hydrogen (secondary N) is 1. The van der Waals surface area contributed by atoms with Crippen molar-refractivity contribution in [1.82, 2.24) is 4.72 Å². The van der Waals surface area contributed by atoms with Crippen LogP contribution in [0.5, 0.6) is 0 Å². The minimum Gasteiger partial charge on any atom is -0.225 e. The zero-order valence-electron chi connectivity index (χ0n) is 16.0. The lowest BCUT2D eigenvalue weighted by Gasteiger charge is -2.23. The first-order chi connectivity index (χ1) is 13.1. The fraction of sp³-hybridized carbons (Fsp3) is 0.400. The van der Waals surface area contributed by atoms with Crippen LogP contribution in [0.3, 0.4) is 0 Å². The van der Waals surface area contributed by atoms with Crippen LogP contribution in [-0.2, 0) is 20.0 Å². The molecular weight excluding hydrogens is 396 g/mol. The third-order valence-corrected chi connectivity index (χ3v) is 8.11. The van der Waals surface area contributed by atoms with Gasteiger partial charge in [-0.3, -0.25) is 0 Å². The minimum atomic E-state index is -3.70. The number of rotatable bonds is 6. The zero-order chi connectivity index (χ0) is 20.5. The zero-order valence-corrected chi connectivity index (χ0v) is 17.6. The second-order valence-electron chi connectivity index (χ2n) is 7.55. The Kier molecular flexibility index (Phi) is 5.95. The van der Waals surface area contributed by atoms with Gasteiger partial charge in [-0.1, -0.05) is 42.8 Å². The quantitative estimate of drug-likeness (QED) is 0.746. The van der Waals surface area contributed by atoms with E-state index in [0.717, 1.165) is 36.0 Å². The van der Waals surface area contributed by atoms with Gasteiger partial charge in [-0.05, 0) is 55.5 Å². The van der Waals surface area contributed by atoms with E-state index in [1.807, 2.05) is 24.3 Å². The van der Waals surface area contributed by atoms with Gasteiger partial charge >= 0.3 is 0 Å². The van der Waals surface area contributed by atoms with Gasteiger partial charge in [-0.25, -0.2) is 26.7 Å². The summed E-state index contributed by atoms with van der Waals surface area (Å²) in [5, 5.41) is 4.69. The highest BCUT2D eigenvalue weighted by molar-refractivity contribution is 7.90. The Morgan fingerprint density at radius 1 is 0.893 bits per heavy atom. The van der Waals surface area contributed by atoms with Crippen LogP contribution in [0.25, 0.3) is 11.1 Å². The molecule has 28 heavy (non-hydrogen) atoms. The van der Waals surface area contributed by atoms with Crippen LogP contribution in [0, 0.1) is 0 Å². The van der Waals surface area contributed by atoms with Crippen LogP contribution in [0.2, 0.25) is 0 Å². The van der Waals surface area contributed by atoms with Crippen molar-refractivity contribution < 1.29 is 16.8 Å². The van der Waals surface area contributed by atoms with Gasteiger partial charge in [0.15, 0.2) is 0 Å². The molecule has 3 N–H and O–H groups in total. The Morgan fingerprint density at radius 3 is 1.93 bits per heavy atom. The van der Waals surface area contributed by atoms with Gasteiger partial charge in [0.25, 0.3) is 0 Å². The molecule has 1 aliphatic carbocycles. The van der Waals surface area contributed by atoms with Crippen molar-refractivity contribution in [2.24, 2.45) is 5.14 Å². The number of hydrogen-bond donors (Lipinski definition) is 2. The Balaban J connectivity index is 1.78. The molecule has 1 fully saturated rings. The molecule has 2 aromatic carbocycles. The average Bonchev–Trinajstić information content (AvgIpc) is 3.08. The van der Waals surface area contributed by atoms with Crippen molar-refractivity contribution in [2.45, 2.75) is 55.2 Å². The number of primary sulfonamides is 1. The lowest BCUT2D eigenvalue weighted by Crippen LogP contribution is -2.40. The van der Waals surface area contributed by atoms with Crippen LogP contribution in [0.4, 0.5) is 0 Å². The summed E-state index contributed by atoms with van der Waals surface area (Å²) in [5.74, 6) is 0.160. The van der Waals surface area contributed by atoms with E-state index in [0.29, 0.717) is 0 Å². The third-order valence-electron chi connectivity index (χ3n) is 5.31. The Morgan fingerprint density at radius 2 is 1.43 bits per heavy atom. The summed E-state index contributed by atoms with van der Waals surface area (Å²) in [5.41, 5.74) is 2.96. The van der Waals surface area contributed by atoms with Crippen LogP contribution < -0.4 is 9.86 Å². The molecule has 0 aromatic heterocycles. The first kappa shape index (κ1) is 21.0. The van der Waals surface area contributed by atoms with Crippen molar-refractivity contribution in [3.05, 3.63) is 54.1 Å². The Labute approximate surface area is 167 Å². The standard InChI is InChI=1S/C20H26N2O4S2/c1-14(2)28(25,26)22-20-5-3-4-19(20)17-8-6-15(7-9-17)16-10-12-18(13-11-16)27(21,23)24/h6-14,19-20,22H,3-5H2,1-2H3,(H2,21,23,24)/t19-,20+/m0/s1. The summed E-state index contributed by atoms with van der Waals surface area (Å²) >= 11 is 0. The van der Waals surface area contributed by atoms with Gasteiger partial charge in [0.05, 0.1) is 10.1 Å². The first-order valence-corrected chi connectivity index (χ1v) is 12.4. The first-order valence-electron chi connectivity index (χ1n) is 9.32. The van der Waals surface area contributed by atoms with Gasteiger partial charge in [0, 0.05) is 12.0 Å². The van der Waals surface area contributed by atoms with E-state index in [1.54, 1.807) is 26.0 Å². The minimum absolute atomic E-state index is 0.0766. The van der Waals surface area contributed by atoms with Crippen LogP contribution in [0.15, 0.2) is 53.4 Å². The molecule has 3 rings (SSSR count). The molecule has 0 amide bonds. The summed E-state index contributed by atoms with van der Waals surface area (Å²) in [7, 11) is -7.00. The highest BCUT2D eigenvalue weighted by atomic mass is 32.2. The van der Waals surface area contributed by atoms with Crippen molar-refractivity contribution >= 4 is 20.0 Å². The second-order valence-corrected chi connectivity index (χ2v) is 11.4. The van der Waals surface area contributed by atoms with Gasteiger partial charge in [-0.2, -0.15) is 0 Å². The maximum absolute atomic E-state index is 12.2.